The van der Waals surface area contributed by atoms with Gasteiger partial charge in [0, 0.05) is 0 Å². The van der Waals surface area contributed by atoms with Crippen LogP contribution in [0.4, 0.5) is 0 Å². The minimum absolute atomic E-state index is 0.0146. The van der Waals surface area contributed by atoms with E-state index in [-0.39, 0.29) is 12.6 Å². The van der Waals surface area contributed by atoms with Crippen molar-refractivity contribution in [1.29, 1.82) is 0 Å². The van der Waals surface area contributed by atoms with Gasteiger partial charge in [-0.3, -0.25) is 0 Å². The second kappa shape index (κ2) is 6.16. The molecule has 1 radical (unpaired) electrons. The van der Waals surface area contributed by atoms with Crippen LogP contribution in [-0.4, -0.2) is 12.6 Å². The van der Waals surface area contributed by atoms with Crippen molar-refractivity contribution in [2.45, 2.75) is 13.5 Å². The lowest BCUT2D eigenvalue weighted by atomic mass is 10.2. The van der Waals surface area contributed by atoms with E-state index in [0.717, 1.165) is 5.56 Å². The molecular formula is C11H13O3. The van der Waals surface area contributed by atoms with Gasteiger partial charge in [-0.25, -0.2) is 4.79 Å². The van der Waals surface area contributed by atoms with Gasteiger partial charge in [0.15, 0.2) is 0 Å². The third kappa shape index (κ3) is 4.05. The highest BCUT2D eigenvalue weighted by Gasteiger charge is 2.01. The Bertz CT molecular complexity index is 269. The number of benzene rings is 1. The molecule has 0 atom stereocenters. The Morgan fingerprint density at radius 1 is 1.36 bits per heavy atom. The van der Waals surface area contributed by atoms with Crippen molar-refractivity contribution >= 4 is 5.97 Å². The molecule has 0 aromatic heterocycles. The Labute approximate surface area is 83.6 Å². The summed E-state index contributed by atoms with van der Waals surface area (Å²) in [7, 11) is 0. The van der Waals surface area contributed by atoms with Crippen LogP contribution in [0.2, 0.25) is 0 Å². The van der Waals surface area contributed by atoms with E-state index in [4.69, 9.17) is 4.74 Å². The zero-order valence-electron chi connectivity index (χ0n) is 8.10. The van der Waals surface area contributed by atoms with Crippen LogP contribution in [-0.2, 0) is 20.9 Å². The maximum atomic E-state index is 10.9. The molecule has 0 heterocycles. The second-order valence-electron chi connectivity index (χ2n) is 2.70. The van der Waals surface area contributed by atoms with Crippen LogP contribution in [0.15, 0.2) is 30.3 Å². The number of hydrogen-bond donors (Lipinski definition) is 0. The number of carbonyl (C=O) groups is 1. The van der Waals surface area contributed by atoms with E-state index in [2.05, 4.69) is 4.74 Å². The van der Waals surface area contributed by atoms with Gasteiger partial charge in [0.25, 0.3) is 0 Å². The third-order valence-corrected chi connectivity index (χ3v) is 1.58. The lowest BCUT2D eigenvalue weighted by molar-refractivity contribution is -0.145. The minimum Gasteiger partial charge on any atom is -0.457 e. The normalized spacial score (nSPS) is 9.79. The van der Waals surface area contributed by atoms with Crippen molar-refractivity contribution in [2.24, 2.45) is 0 Å². The quantitative estimate of drug-likeness (QED) is 0.670. The first kappa shape index (κ1) is 10.7. The summed E-state index contributed by atoms with van der Waals surface area (Å²) in [5.41, 5.74) is 1.04. The standard InChI is InChI=1S/C11H13O3/c1-2-14-11(12)9-13-8-10-6-4-3-5-7-10/h2-7H,8-9H2,1H3. The minimum atomic E-state index is -0.372. The van der Waals surface area contributed by atoms with Crippen LogP contribution in [0.5, 0.6) is 0 Å². The lowest BCUT2D eigenvalue weighted by Gasteiger charge is -2.03. The summed E-state index contributed by atoms with van der Waals surface area (Å²) in [5, 5.41) is 0. The van der Waals surface area contributed by atoms with Crippen LogP contribution >= 0.6 is 0 Å². The van der Waals surface area contributed by atoms with Gasteiger partial charge >= 0.3 is 5.97 Å². The number of carbonyl (C=O) groups excluding carboxylic acids is 1. The van der Waals surface area contributed by atoms with Crippen LogP contribution in [0, 0.1) is 6.61 Å². The number of rotatable bonds is 5. The molecule has 0 spiro atoms. The fraction of sp³-hybridized carbons (Fsp3) is 0.273. The SMILES string of the molecule is C[CH]OC(=O)COCc1ccccc1. The van der Waals surface area contributed by atoms with Crippen molar-refractivity contribution in [1.82, 2.24) is 0 Å². The number of esters is 1. The molecule has 1 rings (SSSR count). The zero-order chi connectivity index (χ0) is 10.2. The van der Waals surface area contributed by atoms with Gasteiger partial charge in [-0.2, -0.15) is 0 Å². The lowest BCUT2D eigenvalue weighted by Crippen LogP contribution is -2.10. The maximum absolute atomic E-state index is 10.9. The number of ether oxygens (including phenoxy) is 2. The molecule has 1 aromatic carbocycles. The Morgan fingerprint density at radius 3 is 2.71 bits per heavy atom. The summed E-state index contributed by atoms with van der Waals surface area (Å²) >= 11 is 0. The summed E-state index contributed by atoms with van der Waals surface area (Å²) in [6.07, 6.45) is 0. The Balaban J connectivity index is 2.19. The summed E-state index contributed by atoms with van der Waals surface area (Å²) in [5.74, 6) is -0.372. The monoisotopic (exact) mass is 193 g/mol. The molecule has 3 heteroatoms. The first-order chi connectivity index (χ1) is 6.83. The fourth-order valence-corrected chi connectivity index (χ4v) is 0.992. The molecule has 3 nitrogen and oxygen atoms in total. The van der Waals surface area contributed by atoms with E-state index in [1.807, 2.05) is 30.3 Å². The molecule has 75 valence electrons. The molecule has 0 N–H and O–H groups in total. The van der Waals surface area contributed by atoms with Gasteiger partial charge in [-0.15, -0.1) is 0 Å². The van der Waals surface area contributed by atoms with Gasteiger partial charge in [0.1, 0.15) is 13.2 Å². The van der Waals surface area contributed by atoms with Crippen molar-refractivity contribution in [3.05, 3.63) is 42.5 Å². The first-order valence-electron chi connectivity index (χ1n) is 4.42. The van der Waals surface area contributed by atoms with Gasteiger partial charge in [0.2, 0.25) is 0 Å². The van der Waals surface area contributed by atoms with E-state index >= 15 is 0 Å². The predicted molar refractivity (Wildman–Crippen MR) is 52.2 cm³/mol. The smallest absolute Gasteiger partial charge is 0.332 e. The molecule has 0 unspecified atom stereocenters. The summed E-state index contributed by atoms with van der Waals surface area (Å²) in [6, 6.07) is 9.67. The summed E-state index contributed by atoms with van der Waals surface area (Å²) in [6.45, 7) is 3.40. The summed E-state index contributed by atoms with van der Waals surface area (Å²) in [4.78, 5) is 10.9. The first-order valence-corrected chi connectivity index (χ1v) is 4.42. The molecular weight excluding hydrogens is 180 g/mol. The molecule has 0 fully saturated rings. The van der Waals surface area contributed by atoms with E-state index in [9.17, 15) is 4.79 Å². The van der Waals surface area contributed by atoms with E-state index in [1.165, 1.54) is 6.61 Å². The van der Waals surface area contributed by atoms with Gasteiger partial charge in [-0.1, -0.05) is 30.3 Å². The molecule has 0 saturated heterocycles. The molecule has 0 saturated carbocycles. The van der Waals surface area contributed by atoms with Gasteiger partial charge in [0.05, 0.1) is 6.61 Å². The van der Waals surface area contributed by atoms with Crippen molar-refractivity contribution in [2.75, 3.05) is 6.61 Å². The Hall–Kier alpha value is -1.35. The zero-order valence-corrected chi connectivity index (χ0v) is 8.10. The largest absolute Gasteiger partial charge is 0.457 e. The highest BCUT2D eigenvalue weighted by molar-refractivity contribution is 5.71. The highest BCUT2D eigenvalue weighted by atomic mass is 16.6. The van der Waals surface area contributed by atoms with E-state index in [1.54, 1.807) is 6.92 Å². The number of hydrogen-bond acceptors (Lipinski definition) is 3. The second-order valence-corrected chi connectivity index (χ2v) is 2.70. The van der Waals surface area contributed by atoms with E-state index in [0.29, 0.717) is 6.61 Å². The molecule has 0 aliphatic rings. The topological polar surface area (TPSA) is 35.5 Å². The van der Waals surface area contributed by atoms with Crippen molar-refractivity contribution in [3.63, 3.8) is 0 Å². The highest BCUT2D eigenvalue weighted by Crippen LogP contribution is 2.00. The molecule has 0 aliphatic heterocycles. The average Bonchev–Trinajstić information content (AvgIpc) is 2.20. The molecule has 0 aliphatic carbocycles. The molecule has 0 bridgehead atoms. The fourth-order valence-electron chi connectivity index (χ4n) is 0.992. The van der Waals surface area contributed by atoms with Crippen molar-refractivity contribution < 1.29 is 14.3 Å². The van der Waals surface area contributed by atoms with Gasteiger partial charge < -0.3 is 9.47 Å². The Morgan fingerprint density at radius 2 is 2.07 bits per heavy atom. The van der Waals surface area contributed by atoms with Crippen LogP contribution < -0.4 is 0 Å². The van der Waals surface area contributed by atoms with Crippen LogP contribution in [0.3, 0.4) is 0 Å². The average molecular weight is 193 g/mol. The molecule has 14 heavy (non-hydrogen) atoms. The Kier molecular flexibility index (Phi) is 4.72. The van der Waals surface area contributed by atoms with Crippen LogP contribution in [0.25, 0.3) is 0 Å². The predicted octanol–water partition coefficient (Wildman–Crippen LogP) is 1.93. The molecule has 1 aromatic rings. The third-order valence-electron chi connectivity index (χ3n) is 1.58. The van der Waals surface area contributed by atoms with Crippen molar-refractivity contribution in [3.8, 4) is 0 Å². The molecule has 0 amide bonds. The van der Waals surface area contributed by atoms with Gasteiger partial charge in [-0.05, 0) is 12.5 Å². The van der Waals surface area contributed by atoms with Crippen LogP contribution in [0.1, 0.15) is 12.5 Å². The van der Waals surface area contributed by atoms with E-state index < -0.39 is 0 Å². The summed E-state index contributed by atoms with van der Waals surface area (Å²) < 4.78 is 9.73. The maximum Gasteiger partial charge on any atom is 0.332 e.